The van der Waals surface area contributed by atoms with Gasteiger partial charge >= 0.3 is 0 Å². The van der Waals surface area contributed by atoms with Crippen molar-refractivity contribution in [1.82, 2.24) is 14.9 Å². The van der Waals surface area contributed by atoms with E-state index in [1.54, 1.807) is 11.3 Å². The van der Waals surface area contributed by atoms with Crippen LogP contribution < -0.4 is 0 Å². The zero-order valence-electron chi connectivity index (χ0n) is 18.3. The third kappa shape index (κ3) is 4.17. The van der Waals surface area contributed by atoms with Crippen molar-refractivity contribution in [2.24, 2.45) is 5.41 Å². The highest BCUT2D eigenvalue weighted by atomic mass is 32.1. The average molecular weight is 402 g/mol. The lowest BCUT2D eigenvalue weighted by Crippen LogP contribution is -2.50. The highest BCUT2D eigenvalue weighted by molar-refractivity contribution is 7.09. The van der Waals surface area contributed by atoms with E-state index in [1.807, 2.05) is 19.3 Å². The molecular weight excluding hydrogens is 366 g/mol. The molecule has 0 bridgehead atoms. The molecule has 2 aromatic heterocycles. The number of hydrogen-bond acceptors (Lipinski definition) is 5. The number of hydrogen-bond donors (Lipinski definition) is 0. The van der Waals surface area contributed by atoms with Crippen molar-refractivity contribution in [3.63, 3.8) is 0 Å². The molecule has 1 saturated heterocycles. The van der Waals surface area contributed by atoms with Crippen LogP contribution in [0.1, 0.15) is 63.7 Å². The standard InChI is InChI=1S/C23H35N3OS/c1-7-27-22(5,6)23(11-10-20-24-13-15-28-20)12-14-26(17-23)21(3,4)19-9-8-18(2)25-16-19/h8-9,13,15-16H,7,10-12,14,17H2,1-6H3. The summed E-state index contributed by atoms with van der Waals surface area (Å²) in [6.45, 7) is 16.2. The fourth-order valence-electron chi connectivity index (χ4n) is 4.59. The summed E-state index contributed by atoms with van der Waals surface area (Å²) in [6.07, 6.45) is 7.22. The molecule has 1 fully saturated rings. The number of likely N-dealkylation sites (tertiary alicyclic amines) is 1. The first-order valence-electron chi connectivity index (χ1n) is 10.4. The van der Waals surface area contributed by atoms with Crippen LogP contribution in [0.15, 0.2) is 29.9 Å². The van der Waals surface area contributed by atoms with Crippen LogP contribution in [-0.2, 0) is 16.7 Å². The van der Waals surface area contributed by atoms with Gasteiger partial charge in [0.05, 0.1) is 10.6 Å². The Kier molecular flexibility index (Phi) is 6.28. The normalized spacial score (nSPS) is 21.4. The lowest BCUT2D eigenvalue weighted by molar-refractivity contribution is -0.109. The van der Waals surface area contributed by atoms with Gasteiger partial charge in [0.2, 0.25) is 0 Å². The molecule has 0 spiro atoms. The predicted octanol–water partition coefficient (Wildman–Crippen LogP) is 5.22. The lowest BCUT2D eigenvalue weighted by atomic mass is 9.69. The molecule has 5 heteroatoms. The van der Waals surface area contributed by atoms with Gasteiger partial charge < -0.3 is 4.74 Å². The summed E-state index contributed by atoms with van der Waals surface area (Å²) >= 11 is 1.76. The molecule has 1 aliphatic rings. The van der Waals surface area contributed by atoms with Gasteiger partial charge in [-0.25, -0.2) is 4.98 Å². The van der Waals surface area contributed by atoms with Crippen LogP contribution in [-0.4, -0.2) is 40.2 Å². The van der Waals surface area contributed by atoms with Crippen molar-refractivity contribution < 1.29 is 4.74 Å². The average Bonchev–Trinajstić information content (AvgIpc) is 3.31. The van der Waals surface area contributed by atoms with Gasteiger partial charge in [-0.1, -0.05) is 6.07 Å². The Morgan fingerprint density at radius 2 is 2.00 bits per heavy atom. The fraction of sp³-hybridized carbons (Fsp3) is 0.652. The molecule has 1 unspecified atom stereocenters. The molecule has 0 aliphatic carbocycles. The molecule has 28 heavy (non-hydrogen) atoms. The molecule has 1 aliphatic heterocycles. The van der Waals surface area contributed by atoms with Crippen LogP contribution in [0.4, 0.5) is 0 Å². The molecule has 1 atom stereocenters. The van der Waals surface area contributed by atoms with Crippen molar-refractivity contribution in [2.45, 2.75) is 71.9 Å². The van der Waals surface area contributed by atoms with Crippen LogP contribution in [0.25, 0.3) is 0 Å². The second-order valence-electron chi connectivity index (χ2n) is 9.07. The third-order valence-electron chi connectivity index (χ3n) is 6.85. The van der Waals surface area contributed by atoms with E-state index in [0.29, 0.717) is 0 Å². The monoisotopic (exact) mass is 401 g/mol. The Balaban J connectivity index is 1.84. The maximum atomic E-state index is 6.31. The summed E-state index contributed by atoms with van der Waals surface area (Å²) in [7, 11) is 0. The molecular formula is C23H35N3OS. The van der Waals surface area contributed by atoms with Gasteiger partial charge in [-0.15, -0.1) is 11.3 Å². The minimum absolute atomic E-state index is 0.0497. The van der Waals surface area contributed by atoms with Gasteiger partial charge in [-0.3, -0.25) is 9.88 Å². The Labute approximate surface area is 174 Å². The highest BCUT2D eigenvalue weighted by Gasteiger charge is 2.52. The number of thiazole rings is 1. The Hall–Kier alpha value is -1.30. The number of aryl methyl sites for hydroxylation is 2. The first kappa shape index (κ1) is 21.4. The lowest BCUT2D eigenvalue weighted by Gasteiger charge is -2.46. The van der Waals surface area contributed by atoms with Gasteiger partial charge in [0.1, 0.15) is 0 Å². The smallest absolute Gasteiger partial charge is 0.0925 e. The minimum atomic E-state index is -0.171. The van der Waals surface area contributed by atoms with E-state index < -0.39 is 0 Å². The fourth-order valence-corrected chi connectivity index (χ4v) is 5.22. The van der Waals surface area contributed by atoms with E-state index in [-0.39, 0.29) is 16.6 Å². The molecule has 0 amide bonds. The Bertz CT molecular complexity index is 755. The van der Waals surface area contributed by atoms with Crippen molar-refractivity contribution >= 4 is 11.3 Å². The van der Waals surface area contributed by atoms with Gasteiger partial charge in [0.15, 0.2) is 0 Å². The van der Waals surface area contributed by atoms with Crippen LogP contribution in [0.2, 0.25) is 0 Å². The SMILES string of the molecule is CCOC(C)(C)C1(CCc2nccs2)CCN(C(C)(C)c2ccc(C)nc2)C1. The molecule has 154 valence electrons. The maximum Gasteiger partial charge on any atom is 0.0925 e. The predicted molar refractivity (Wildman–Crippen MR) is 117 cm³/mol. The van der Waals surface area contributed by atoms with Gasteiger partial charge in [-0.05, 0) is 79.0 Å². The number of pyridine rings is 1. The third-order valence-corrected chi connectivity index (χ3v) is 7.68. The number of nitrogens with zero attached hydrogens (tertiary/aromatic N) is 3. The van der Waals surface area contributed by atoms with E-state index in [0.717, 1.165) is 44.7 Å². The minimum Gasteiger partial charge on any atom is -0.375 e. The van der Waals surface area contributed by atoms with Crippen molar-refractivity contribution in [3.8, 4) is 0 Å². The van der Waals surface area contributed by atoms with E-state index >= 15 is 0 Å². The van der Waals surface area contributed by atoms with Crippen molar-refractivity contribution in [3.05, 3.63) is 46.2 Å². The van der Waals surface area contributed by atoms with E-state index in [1.165, 1.54) is 10.6 Å². The van der Waals surface area contributed by atoms with Crippen LogP contribution in [0.5, 0.6) is 0 Å². The van der Waals surface area contributed by atoms with E-state index in [9.17, 15) is 0 Å². The number of rotatable bonds is 8. The molecule has 2 aromatic rings. The molecule has 0 aromatic carbocycles. The second-order valence-corrected chi connectivity index (χ2v) is 10.0. The number of ether oxygens (including phenoxy) is 1. The zero-order valence-corrected chi connectivity index (χ0v) is 19.1. The molecule has 0 radical (unpaired) electrons. The second kappa shape index (κ2) is 8.21. The zero-order chi connectivity index (χ0) is 20.4. The van der Waals surface area contributed by atoms with E-state index in [2.05, 4.69) is 67.0 Å². The van der Waals surface area contributed by atoms with Gasteiger partial charge in [-0.2, -0.15) is 0 Å². The Morgan fingerprint density at radius 1 is 1.21 bits per heavy atom. The molecule has 4 nitrogen and oxygen atoms in total. The summed E-state index contributed by atoms with van der Waals surface area (Å²) in [5, 5.41) is 3.30. The quantitative estimate of drug-likeness (QED) is 0.608. The summed E-state index contributed by atoms with van der Waals surface area (Å²) in [6, 6.07) is 4.35. The van der Waals surface area contributed by atoms with Gasteiger partial charge in [0.25, 0.3) is 0 Å². The number of aromatic nitrogens is 2. The maximum absolute atomic E-state index is 6.31. The first-order valence-corrected chi connectivity index (χ1v) is 11.3. The van der Waals surface area contributed by atoms with Crippen LogP contribution >= 0.6 is 11.3 Å². The molecule has 0 N–H and O–H groups in total. The summed E-state index contributed by atoms with van der Waals surface area (Å²) in [5.41, 5.74) is 2.24. The van der Waals surface area contributed by atoms with Crippen LogP contribution in [0.3, 0.4) is 0 Å². The summed E-state index contributed by atoms with van der Waals surface area (Å²) in [5.74, 6) is 0. The molecule has 0 saturated carbocycles. The van der Waals surface area contributed by atoms with Crippen molar-refractivity contribution in [2.75, 3.05) is 19.7 Å². The van der Waals surface area contributed by atoms with Crippen molar-refractivity contribution in [1.29, 1.82) is 0 Å². The molecule has 3 rings (SSSR count). The van der Waals surface area contributed by atoms with Crippen LogP contribution in [0, 0.1) is 12.3 Å². The largest absolute Gasteiger partial charge is 0.375 e. The summed E-state index contributed by atoms with van der Waals surface area (Å²) in [4.78, 5) is 11.7. The van der Waals surface area contributed by atoms with Gasteiger partial charge in [0, 0.05) is 47.6 Å². The highest BCUT2D eigenvalue weighted by Crippen LogP contribution is 2.49. The topological polar surface area (TPSA) is 38.2 Å². The van der Waals surface area contributed by atoms with E-state index in [4.69, 9.17) is 4.74 Å². The summed E-state index contributed by atoms with van der Waals surface area (Å²) < 4.78 is 6.31. The molecule has 3 heterocycles. The first-order chi connectivity index (χ1) is 13.2. The Morgan fingerprint density at radius 3 is 2.61 bits per heavy atom.